The van der Waals surface area contributed by atoms with Crippen molar-refractivity contribution in [3.05, 3.63) is 30.1 Å². The molecule has 1 aliphatic rings. The van der Waals surface area contributed by atoms with Crippen molar-refractivity contribution in [3.8, 4) is 5.75 Å². The van der Waals surface area contributed by atoms with Gasteiger partial charge in [0, 0.05) is 13.1 Å². The highest BCUT2D eigenvalue weighted by atomic mass is 19.1. The van der Waals surface area contributed by atoms with Crippen LogP contribution in [-0.2, 0) is 4.79 Å². The monoisotopic (exact) mass is 269 g/mol. The Balaban J connectivity index is 1.99. The van der Waals surface area contributed by atoms with E-state index in [1.165, 1.54) is 30.0 Å². The Morgan fingerprint density at radius 2 is 1.95 bits per heavy atom. The van der Waals surface area contributed by atoms with Crippen LogP contribution >= 0.6 is 0 Å². The Morgan fingerprint density at radius 3 is 2.53 bits per heavy atom. The predicted molar refractivity (Wildman–Crippen MR) is 65.1 cm³/mol. The number of likely N-dealkylation sites (tertiary alicyclic amines) is 1. The average molecular weight is 269 g/mol. The summed E-state index contributed by atoms with van der Waals surface area (Å²) in [4.78, 5) is 13.3. The number of para-hydroxylation sites is 1. The number of nitrogens with zero attached hydrogens (tertiary/aromatic N) is 1. The number of amides is 1. The Morgan fingerprint density at radius 1 is 1.37 bits per heavy atom. The standard InChI is InChI=1S/C13H16FNO4/c1-8(19-12-5-3-2-4-9(12)14)13(18)15-6-10(16)11(17)7-15/h2-5,8,10-11,16-17H,6-7H2,1H3/t8?,10-,11+. The van der Waals surface area contributed by atoms with Crippen LogP contribution in [0.25, 0.3) is 0 Å². The summed E-state index contributed by atoms with van der Waals surface area (Å²) in [6.07, 6.45) is -2.76. The Hall–Kier alpha value is -1.66. The van der Waals surface area contributed by atoms with Crippen molar-refractivity contribution in [2.24, 2.45) is 0 Å². The summed E-state index contributed by atoms with van der Waals surface area (Å²) < 4.78 is 18.6. The number of halogens is 1. The van der Waals surface area contributed by atoms with E-state index in [1.54, 1.807) is 6.07 Å². The van der Waals surface area contributed by atoms with Crippen LogP contribution in [0, 0.1) is 5.82 Å². The van der Waals surface area contributed by atoms with E-state index in [9.17, 15) is 19.4 Å². The van der Waals surface area contributed by atoms with Gasteiger partial charge in [-0.05, 0) is 19.1 Å². The highest BCUT2D eigenvalue weighted by molar-refractivity contribution is 5.81. The van der Waals surface area contributed by atoms with Gasteiger partial charge in [-0.1, -0.05) is 12.1 Å². The SMILES string of the molecule is CC(Oc1ccccc1F)C(=O)N1C[C@@H](O)[C@@H](O)C1. The maximum Gasteiger partial charge on any atom is 0.263 e. The van der Waals surface area contributed by atoms with Crippen molar-refractivity contribution in [3.63, 3.8) is 0 Å². The lowest BCUT2D eigenvalue weighted by Gasteiger charge is -2.21. The van der Waals surface area contributed by atoms with E-state index in [1.807, 2.05) is 0 Å². The maximum absolute atomic E-state index is 13.4. The number of aliphatic hydroxyl groups is 2. The van der Waals surface area contributed by atoms with Gasteiger partial charge in [0.15, 0.2) is 17.7 Å². The molecular weight excluding hydrogens is 253 g/mol. The lowest BCUT2D eigenvalue weighted by molar-refractivity contribution is -0.137. The van der Waals surface area contributed by atoms with E-state index in [2.05, 4.69) is 0 Å². The molecule has 0 spiro atoms. The second-order valence-electron chi connectivity index (χ2n) is 4.57. The van der Waals surface area contributed by atoms with Crippen molar-refractivity contribution in [1.82, 2.24) is 4.90 Å². The summed E-state index contributed by atoms with van der Waals surface area (Å²) >= 11 is 0. The molecule has 1 heterocycles. The lowest BCUT2D eigenvalue weighted by atomic mass is 10.3. The van der Waals surface area contributed by atoms with Crippen molar-refractivity contribution in [2.45, 2.75) is 25.2 Å². The number of ether oxygens (including phenoxy) is 1. The van der Waals surface area contributed by atoms with Gasteiger partial charge in [-0.2, -0.15) is 0 Å². The van der Waals surface area contributed by atoms with Gasteiger partial charge in [0.25, 0.3) is 5.91 Å². The fourth-order valence-corrected chi connectivity index (χ4v) is 1.99. The minimum absolute atomic E-state index is 0.00337. The summed E-state index contributed by atoms with van der Waals surface area (Å²) in [6.45, 7) is 1.63. The van der Waals surface area contributed by atoms with Gasteiger partial charge in [0.2, 0.25) is 0 Å². The molecule has 19 heavy (non-hydrogen) atoms. The molecule has 5 nitrogen and oxygen atoms in total. The summed E-state index contributed by atoms with van der Waals surface area (Å²) in [5, 5.41) is 18.8. The Kier molecular flexibility index (Phi) is 4.01. The number of carbonyl (C=O) groups is 1. The summed E-state index contributed by atoms with van der Waals surface area (Å²) in [5.41, 5.74) is 0. The van der Waals surface area contributed by atoms with Crippen LogP contribution in [0.3, 0.4) is 0 Å². The average Bonchev–Trinajstić information content (AvgIpc) is 2.71. The van der Waals surface area contributed by atoms with Crippen LogP contribution < -0.4 is 4.74 Å². The fourth-order valence-electron chi connectivity index (χ4n) is 1.99. The molecule has 0 bridgehead atoms. The first-order valence-electron chi connectivity index (χ1n) is 6.05. The van der Waals surface area contributed by atoms with Gasteiger partial charge >= 0.3 is 0 Å². The third-order valence-electron chi connectivity index (χ3n) is 3.06. The molecule has 0 radical (unpaired) electrons. The molecule has 0 aromatic heterocycles. The molecular formula is C13H16FNO4. The number of β-amino-alcohol motifs (C(OH)–C–C–N with tert-alkyl or cyclic N) is 2. The molecule has 104 valence electrons. The lowest BCUT2D eigenvalue weighted by Crippen LogP contribution is -2.39. The minimum atomic E-state index is -0.940. The van der Waals surface area contributed by atoms with Crippen LogP contribution in [0.1, 0.15) is 6.92 Å². The van der Waals surface area contributed by atoms with E-state index in [0.717, 1.165) is 0 Å². The largest absolute Gasteiger partial charge is 0.478 e. The van der Waals surface area contributed by atoms with Gasteiger partial charge in [0.1, 0.15) is 0 Å². The summed E-state index contributed by atoms with van der Waals surface area (Å²) in [7, 11) is 0. The highest BCUT2D eigenvalue weighted by Gasteiger charge is 2.35. The predicted octanol–water partition coefficient (Wildman–Crippen LogP) is 0.157. The molecule has 1 aromatic carbocycles. The summed E-state index contributed by atoms with van der Waals surface area (Å²) in [5.74, 6) is -0.925. The Bertz CT molecular complexity index is 458. The zero-order valence-corrected chi connectivity index (χ0v) is 10.5. The van der Waals surface area contributed by atoms with E-state index in [0.29, 0.717) is 0 Å². The van der Waals surface area contributed by atoms with Crippen LogP contribution in [0.4, 0.5) is 4.39 Å². The maximum atomic E-state index is 13.4. The van der Waals surface area contributed by atoms with E-state index in [4.69, 9.17) is 4.74 Å². The van der Waals surface area contributed by atoms with Gasteiger partial charge < -0.3 is 19.8 Å². The molecule has 0 aliphatic carbocycles. The van der Waals surface area contributed by atoms with Gasteiger partial charge in [-0.25, -0.2) is 4.39 Å². The second-order valence-corrected chi connectivity index (χ2v) is 4.57. The van der Waals surface area contributed by atoms with Crippen molar-refractivity contribution in [1.29, 1.82) is 0 Å². The number of hydrogen-bond acceptors (Lipinski definition) is 4. The minimum Gasteiger partial charge on any atom is -0.478 e. The van der Waals surface area contributed by atoms with Gasteiger partial charge in [-0.3, -0.25) is 4.79 Å². The van der Waals surface area contributed by atoms with Crippen LogP contribution in [0.2, 0.25) is 0 Å². The van der Waals surface area contributed by atoms with Gasteiger partial charge in [0.05, 0.1) is 12.2 Å². The van der Waals surface area contributed by atoms with E-state index in [-0.39, 0.29) is 24.7 Å². The molecule has 1 unspecified atom stereocenters. The number of rotatable bonds is 3. The quantitative estimate of drug-likeness (QED) is 0.820. The van der Waals surface area contributed by atoms with Crippen LogP contribution in [-0.4, -0.2) is 52.4 Å². The highest BCUT2D eigenvalue weighted by Crippen LogP contribution is 2.19. The normalized spacial score (nSPS) is 24.3. The molecule has 0 saturated carbocycles. The third-order valence-corrected chi connectivity index (χ3v) is 3.06. The molecule has 2 rings (SSSR count). The second kappa shape index (κ2) is 5.54. The van der Waals surface area contributed by atoms with Crippen molar-refractivity contribution < 1.29 is 24.1 Å². The topological polar surface area (TPSA) is 70.0 Å². The van der Waals surface area contributed by atoms with E-state index >= 15 is 0 Å². The first-order valence-corrected chi connectivity index (χ1v) is 6.05. The summed E-state index contributed by atoms with van der Waals surface area (Å²) in [6, 6.07) is 5.82. The zero-order chi connectivity index (χ0) is 14.0. The van der Waals surface area contributed by atoms with E-state index < -0.39 is 24.1 Å². The molecule has 1 aromatic rings. The number of aliphatic hydroxyl groups excluding tert-OH is 2. The van der Waals surface area contributed by atoms with Crippen molar-refractivity contribution in [2.75, 3.05) is 13.1 Å². The van der Waals surface area contributed by atoms with Gasteiger partial charge in [-0.15, -0.1) is 0 Å². The fraction of sp³-hybridized carbons (Fsp3) is 0.462. The Labute approximate surface area is 110 Å². The molecule has 1 fully saturated rings. The molecule has 1 aliphatic heterocycles. The molecule has 1 saturated heterocycles. The number of hydrogen-bond donors (Lipinski definition) is 2. The van der Waals surface area contributed by atoms with Crippen LogP contribution in [0.5, 0.6) is 5.75 Å². The van der Waals surface area contributed by atoms with Crippen LogP contribution in [0.15, 0.2) is 24.3 Å². The molecule has 2 N–H and O–H groups in total. The molecule has 3 atom stereocenters. The molecule has 1 amide bonds. The number of carbonyl (C=O) groups excluding carboxylic acids is 1. The van der Waals surface area contributed by atoms with Crippen molar-refractivity contribution >= 4 is 5.91 Å². The number of benzene rings is 1. The zero-order valence-electron chi connectivity index (χ0n) is 10.5. The first-order chi connectivity index (χ1) is 8.99. The third kappa shape index (κ3) is 3.02. The molecule has 6 heteroatoms. The smallest absolute Gasteiger partial charge is 0.263 e. The first kappa shape index (κ1) is 13.8.